The van der Waals surface area contributed by atoms with Crippen LogP contribution in [0.1, 0.15) is 25.0 Å². The number of nitrogens with zero attached hydrogens (tertiary/aromatic N) is 1. The highest BCUT2D eigenvalue weighted by atomic mass is 32.2. The number of hydrogen-bond acceptors (Lipinski definition) is 6. The van der Waals surface area contributed by atoms with Gasteiger partial charge in [0.05, 0.1) is 17.5 Å². The molecule has 0 aliphatic rings. The van der Waals surface area contributed by atoms with Gasteiger partial charge in [-0.1, -0.05) is 68.4 Å². The van der Waals surface area contributed by atoms with Crippen molar-refractivity contribution >= 4 is 26.9 Å². The number of methoxy groups -OCH3 is 1. The number of ether oxygens (including phenoxy) is 2. The summed E-state index contributed by atoms with van der Waals surface area (Å²) in [4.78, 5) is 16.7. The van der Waals surface area contributed by atoms with Crippen LogP contribution in [0.4, 0.5) is 0 Å². The number of carbonyl (C=O) groups excluding carboxylic acids is 1. The molecular formula is C29H30N2O5S. The highest BCUT2D eigenvalue weighted by Crippen LogP contribution is 2.25. The number of pyridine rings is 1. The second-order valence-corrected chi connectivity index (χ2v) is 10.9. The van der Waals surface area contributed by atoms with E-state index in [4.69, 9.17) is 9.47 Å². The first-order valence-corrected chi connectivity index (χ1v) is 13.4. The van der Waals surface area contributed by atoms with E-state index in [0.717, 1.165) is 33.2 Å². The predicted molar refractivity (Wildman–Crippen MR) is 144 cm³/mol. The van der Waals surface area contributed by atoms with E-state index < -0.39 is 22.0 Å². The topological polar surface area (TPSA) is 94.6 Å². The summed E-state index contributed by atoms with van der Waals surface area (Å²) in [5.74, 6) is -0.268. The number of aromatic nitrogens is 1. The molecule has 0 radical (unpaired) electrons. The Morgan fingerprint density at radius 1 is 0.946 bits per heavy atom. The van der Waals surface area contributed by atoms with Gasteiger partial charge in [-0.25, -0.2) is 13.4 Å². The standard InChI is InChI=1S/C29H30N2O5S/c1-19(2)27(29(32)35-4)31-37(33,34)25-15-13-23(14-16-25)22-11-9-21(10-12-22)18-36-28-20(3)17-24-7-5-6-8-26(24)30-28/h5-17,19,27,31H,18H2,1-4H3. The Morgan fingerprint density at radius 2 is 1.57 bits per heavy atom. The van der Waals surface area contributed by atoms with E-state index in [1.54, 1.807) is 26.0 Å². The second-order valence-electron chi connectivity index (χ2n) is 9.18. The highest BCUT2D eigenvalue weighted by Gasteiger charge is 2.29. The van der Waals surface area contributed by atoms with E-state index in [1.807, 2.05) is 55.5 Å². The van der Waals surface area contributed by atoms with Gasteiger partial charge in [-0.15, -0.1) is 0 Å². The normalized spacial score (nSPS) is 12.5. The van der Waals surface area contributed by atoms with Gasteiger partial charge in [-0.3, -0.25) is 4.79 Å². The third-order valence-electron chi connectivity index (χ3n) is 6.10. The van der Waals surface area contributed by atoms with Gasteiger partial charge in [0.25, 0.3) is 0 Å². The first-order valence-electron chi connectivity index (χ1n) is 12.0. The van der Waals surface area contributed by atoms with E-state index in [-0.39, 0.29) is 10.8 Å². The minimum atomic E-state index is -3.89. The van der Waals surface area contributed by atoms with Crippen LogP contribution in [0, 0.1) is 12.8 Å². The SMILES string of the molecule is COC(=O)C(NS(=O)(=O)c1ccc(-c2ccc(COc3nc4ccccc4cc3C)cc2)cc1)C(C)C. The number of aryl methyl sites for hydroxylation is 1. The number of rotatable bonds is 9. The molecule has 1 aromatic heterocycles. The molecule has 1 atom stereocenters. The summed E-state index contributed by atoms with van der Waals surface area (Å²) >= 11 is 0. The largest absolute Gasteiger partial charge is 0.473 e. The molecule has 0 aliphatic heterocycles. The number of para-hydroxylation sites is 1. The van der Waals surface area contributed by atoms with Gasteiger partial charge in [0, 0.05) is 10.9 Å². The molecule has 1 heterocycles. The summed E-state index contributed by atoms with van der Waals surface area (Å²) in [7, 11) is -2.65. The van der Waals surface area contributed by atoms with Gasteiger partial charge in [-0.2, -0.15) is 4.72 Å². The van der Waals surface area contributed by atoms with E-state index in [0.29, 0.717) is 12.5 Å². The quantitative estimate of drug-likeness (QED) is 0.304. The minimum absolute atomic E-state index is 0.0779. The van der Waals surface area contributed by atoms with Gasteiger partial charge < -0.3 is 9.47 Å². The zero-order chi connectivity index (χ0) is 26.6. The monoisotopic (exact) mass is 518 g/mol. The molecular weight excluding hydrogens is 488 g/mol. The second kappa shape index (κ2) is 11.1. The van der Waals surface area contributed by atoms with Gasteiger partial charge in [0.1, 0.15) is 12.6 Å². The van der Waals surface area contributed by atoms with Crippen LogP contribution >= 0.6 is 0 Å². The maximum absolute atomic E-state index is 12.8. The molecule has 0 saturated heterocycles. The molecule has 1 N–H and O–H groups in total. The van der Waals surface area contributed by atoms with Crippen molar-refractivity contribution in [2.45, 2.75) is 38.3 Å². The van der Waals surface area contributed by atoms with Crippen molar-refractivity contribution in [1.82, 2.24) is 9.71 Å². The van der Waals surface area contributed by atoms with Crippen molar-refractivity contribution in [2.75, 3.05) is 7.11 Å². The Hall–Kier alpha value is -3.75. The summed E-state index contributed by atoms with van der Waals surface area (Å²) in [6.07, 6.45) is 0. The molecule has 7 nitrogen and oxygen atoms in total. The lowest BCUT2D eigenvalue weighted by atomic mass is 10.0. The summed E-state index contributed by atoms with van der Waals surface area (Å²) in [6, 6.07) is 23.5. The first kappa shape index (κ1) is 26.3. The third-order valence-corrected chi connectivity index (χ3v) is 7.56. The molecule has 1 unspecified atom stereocenters. The molecule has 8 heteroatoms. The summed E-state index contributed by atoms with van der Waals surface area (Å²) < 4.78 is 38.8. The molecule has 192 valence electrons. The van der Waals surface area contributed by atoms with Crippen molar-refractivity contribution in [1.29, 1.82) is 0 Å². The molecule has 0 spiro atoms. The minimum Gasteiger partial charge on any atom is -0.473 e. The number of nitrogens with one attached hydrogen (secondary N) is 1. The molecule has 0 bridgehead atoms. The lowest BCUT2D eigenvalue weighted by Gasteiger charge is -2.19. The van der Waals surface area contributed by atoms with Crippen molar-refractivity contribution < 1.29 is 22.7 Å². The third kappa shape index (κ3) is 6.15. The van der Waals surface area contributed by atoms with Gasteiger partial charge >= 0.3 is 5.97 Å². The van der Waals surface area contributed by atoms with Crippen LogP contribution in [0.5, 0.6) is 5.88 Å². The van der Waals surface area contributed by atoms with E-state index in [2.05, 4.69) is 15.8 Å². The lowest BCUT2D eigenvalue weighted by Crippen LogP contribution is -2.44. The Bertz CT molecular complexity index is 1500. The number of esters is 1. The fourth-order valence-corrected chi connectivity index (χ4v) is 5.27. The highest BCUT2D eigenvalue weighted by molar-refractivity contribution is 7.89. The fraction of sp³-hybridized carbons (Fsp3) is 0.241. The zero-order valence-corrected chi connectivity index (χ0v) is 22.1. The van der Waals surface area contributed by atoms with Gasteiger partial charge in [0.15, 0.2) is 0 Å². The predicted octanol–water partition coefficient (Wildman–Crippen LogP) is 5.27. The van der Waals surface area contributed by atoms with Crippen molar-refractivity contribution in [3.8, 4) is 17.0 Å². The number of benzene rings is 3. The zero-order valence-electron chi connectivity index (χ0n) is 21.3. The molecule has 4 rings (SSSR count). The van der Waals surface area contributed by atoms with Crippen LogP contribution in [-0.2, 0) is 26.2 Å². The van der Waals surface area contributed by atoms with Gasteiger partial charge in [-0.05, 0) is 53.8 Å². The molecule has 37 heavy (non-hydrogen) atoms. The van der Waals surface area contributed by atoms with Crippen LogP contribution < -0.4 is 9.46 Å². The number of carbonyl (C=O) groups is 1. The molecule has 3 aromatic carbocycles. The molecule has 0 fully saturated rings. The van der Waals surface area contributed by atoms with Gasteiger partial charge in [0.2, 0.25) is 15.9 Å². The fourth-order valence-electron chi connectivity index (χ4n) is 3.94. The Kier molecular flexibility index (Phi) is 7.90. The lowest BCUT2D eigenvalue weighted by molar-refractivity contribution is -0.143. The molecule has 0 amide bonds. The van der Waals surface area contributed by atoms with Crippen LogP contribution in [0.3, 0.4) is 0 Å². The average molecular weight is 519 g/mol. The maximum Gasteiger partial charge on any atom is 0.324 e. The molecule has 0 aliphatic carbocycles. The summed E-state index contributed by atoms with van der Waals surface area (Å²) in [5, 5.41) is 1.08. The number of fused-ring (bicyclic) bond motifs is 1. The van der Waals surface area contributed by atoms with Crippen LogP contribution in [0.15, 0.2) is 83.8 Å². The van der Waals surface area contributed by atoms with E-state index in [9.17, 15) is 13.2 Å². The number of hydrogen-bond donors (Lipinski definition) is 1. The van der Waals surface area contributed by atoms with Crippen molar-refractivity contribution in [2.24, 2.45) is 5.92 Å². The van der Waals surface area contributed by atoms with Crippen LogP contribution in [-0.4, -0.2) is 32.5 Å². The summed E-state index contributed by atoms with van der Waals surface area (Å²) in [6.45, 7) is 5.87. The average Bonchev–Trinajstić information content (AvgIpc) is 2.90. The van der Waals surface area contributed by atoms with E-state index >= 15 is 0 Å². The van der Waals surface area contributed by atoms with Crippen molar-refractivity contribution in [3.05, 3.63) is 90.0 Å². The summed E-state index contributed by atoms with van der Waals surface area (Å²) in [5.41, 5.74) is 4.67. The van der Waals surface area contributed by atoms with Crippen LogP contribution in [0.2, 0.25) is 0 Å². The van der Waals surface area contributed by atoms with Crippen molar-refractivity contribution in [3.63, 3.8) is 0 Å². The molecule has 0 saturated carbocycles. The molecule has 4 aromatic rings. The maximum atomic E-state index is 12.8. The Morgan fingerprint density at radius 3 is 2.19 bits per heavy atom. The van der Waals surface area contributed by atoms with Crippen LogP contribution in [0.25, 0.3) is 22.0 Å². The van der Waals surface area contributed by atoms with E-state index in [1.165, 1.54) is 19.2 Å². The number of sulfonamides is 1. The first-order chi connectivity index (χ1) is 17.7. The smallest absolute Gasteiger partial charge is 0.324 e. The Labute approximate surface area is 217 Å². The Balaban J connectivity index is 1.43.